The van der Waals surface area contributed by atoms with Gasteiger partial charge in [0.15, 0.2) is 0 Å². The molecular formula is C26H32N2O6. The zero-order valence-electron chi connectivity index (χ0n) is 19.7. The van der Waals surface area contributed by atoms with Crippen molar-refractivity contribution in [3.05, 3.63) is 58.7 Å². The number of nitrogens with zero attached hydrogens (tertiary/aromatic N) is 1. The average molecular weight is 469 g/mol. The number of nitrogens with one attached hydrogen (secondary N) is 1. The molecule has 2 fully saturated rings. The highest BCUT2D eigenvalue weighted by Gasteiger charge is 2.70. The van der Waals surface area contributed by atoms with Gasteiger partial charge in [0.05, 0.1) is 26.4 Å². The molecule has 0 spiro atoms. The molecule has 2 aromatic rings. The van der Waals surface area contributed by atoms with Crippen LogP contribution >= 0.6 is 0 Å². The van der Waals surface area contributed by atoms with Crippen LogP contribution in [-0.4, -0.2) is 68.6 Å². The van der Waals surface area contributed by atoms with Crippen molar-refractivity contribution in [3.63, 3.8) is 0 Å². The molecule has 0 bridgehead atoms. The van der Waals surface area contributed by atoms with E-state index in [-0.39, 0.29) is 5.92 Å². The molecule has 6 rings (SSSR count). The lowest BCUT2D eigenvalue weighted by Gasteiger charge is -2.30. The second-order valence-electron chi connectivity index (χ2n) is 9.39. The minimum atomic E-state index is -2.14. The van der Waals surface area contributed by atoms with Crippen molar-refractivity contribution in [2.75, 3.05) is 57.5 Å². The molecule has 4 aliphatic rings. The summed E-state index contributed by atoms with van der Waals surface area (Å²) in [7, 11) is 0. The van der Waals surface area contributed by atoms with E-state index in [2.05, 4.69) is 24.1 Å². The largest absolute Gasteiger partial charge is 0.454 e. The molecule has 182 valence electrons. The van der Waals surface area contributed by atoms with E-state index in [1.165, 1.54) is 0 Å². The second-order valence-corrected chi connectivity index (χ2v) is 9.39. The Kier molecular flexibility index (Phi) is 6.12. The van der Waals surface area contributed by atoms with Gasteiger partial charge in [-0.05, 0) is 35.7 Å². The van der Waals surface area contributed by atoms with Gasteiger partial charge in [-0.3, -0.25) is 4.79 Å². The molecule has 1 aliphatic carbocycles. The van der Waals surface area contributed by atoms with Crippen LogP contribution in [0.15, 0.2) is 36.4 Å². The topological polar surface area (TPSA) is 100 Å². The highest BCUT2D eigenvalue weighted by atomic mass is 16.7. The molecule has 2 aromatic carbocycles. The Morgan fingerprint density at radius 3 is 2.24 bits per heavy atom. The zero-order chi connectivity index (χ0) is 23.9. The minimum Gasteiger partial charge on any atom is -0.454 e. The molecule has 2 saturated heterocycles. The van der Waals surface area contributed by atoms with Gasteiger partial charge in [0, 0.05) is 48.6 Å². The van der Waals surface area contributed by atoms with Gasteiger partial charge in [-0.1, -0.05) is 26.0 Å². The zero-order valence-corrected chi connectivity index (χ0v) is 19.7. The van der Waals surface area contributed by atoms with Crippen molar-refractivity contribution >= 4 is 11.5 Å². The summed E-state index contributed by atoms with van der Waals surface area (Å²) in [5.74, 6) is -2.03. The van der Waals surface area contributed by atoms with E-state index in [0.717, 1.165) is 50.6 Å². The Morgan fingerprint density at radius 1 is 0.941 bits per heavy atom. The quantitative estimate of drug-likeness (QED) is 0.614. The monoisotopic (exact) mass is 468 g/mol. The van der Waals surface area contributed by atoms with E-state index in [4.69, 9.17) is 14.2 Å². The third kappa shape index (κ3) is 3.61. The van der Waals surface area contributed by atoms with Gasteiger partial charge < -0.3 is 34.6 Å². The maximum atomic E-state index is 13.3. The number of benzene rings is 2. The predicted octanol–water partition coefficient (Wildman–Crippen LogP) is 1.87. The highest BCUT2D eigenvalue weighted by molar-refractivity contribution is 6.10. The third-order valence-corrected chi connectivity index (χ3v) is 6.97. The molecule has 34 heavy (non-hydrogen) atoms. The fourth-order valence-electron chi connectivity index (χ4n) is 4.97. The first kappa shape index (κ1) is 23.3. The minimum absolute atomic E-state index is 0.262. The highest BCUT2D eigenvalue weighted by Crippen LogP contribution is 2.58. The van der Waals surface area contributed by atoms with Crippen LogP contribution in [0.25, 0.3) is 0 Å². The van der Waals surface area contributed by atoms with Gasteiger partial charge in [-0.2, -0.15) is 0 Å². The number of rotatable bonds is 2. The molecule has 8 heteroatoms. The second kappa shape index (κ2) is 8.94. The number of carbonyl (C=O) groups is 1. The number of Topliss-reactive ketones (excluding diaryl/α,β-unsaturated/α-hetero) is 1. The van der Waals surface area contributed by atoms with E-state index < -0.39 is 17.2 Å². The van der Waals surface area contributed by atoms with Crippen LogP contribution in [0, 0.1) is 0 Å². The summed E-state index contributed by atoms with van der Waals surface area (Å²) < 4.78 is 16.2. The summed E-state index contributed by atoms with van der Waals surface area (Å²) in [4.78, 5) is 15.4. The molecule has 0 amide bonds. The van der Waals surface area contributed by atoms with Gasteiger partial charge in [-0.25, -0.2) is 0 Å². The van der Waals surface area contributed by atoms with Crippen molar-refractivity contribution in [2.24, 2.45) is 0 Å². The van der Waals surface area contributed by atoms with Crippen LogP contribution in [0.4, 0.5) is 5.69 Å². The molecule has 2 unspecified atom stereocenters. The first-order chi connectivity index (χ1) is 16.4. The van der Waals surface area contributed by atoms with Crippen molar-refractivity contribution in [1.82, 2.24) is 5.32 Å². The van der Waals surface area contributed by atoms with E-state index in [1.807, 2.05) is 12.1 Å². The average Bonchev–Trinajstić information content (AvgIpc) is 3.21. The number of ketones is 1. The summed E-state index contributed by atoms with van der Waals surface area (Å²) in [6, 6.07) is 10.6. The number of aliphatic hydroxyl groups is 2. The fourth-order valence-corrected chi connectivity index (χ4v) is 4.97. The predicted molar refractivity (Wildman–Crippen MR) is 126 cm³/mol. The van der Waals surface area contributed by atoms with Gasteiger partial charge >= 0.3 is 0 Å². The number of anilines is 1. The maximum Gasteiger partial charge on any atom is 0.276 e. The molecular weight excluding hydrogens is 436 g/mol. The lowest BCUT2D eigenvalue weighted by Crippen LogP contribution is -2.48. The number of fused-ring (bicyclic) bond motifs is 5. The number of ether oxygens (including phenoxy) is 3. The molecule has 8 nitrogen and oxygen atoms in total. The smallest absolute Gasteiger partial charge is 0.276 e. The van der Waals surface area contributed by atoms with Crippen LogP contribution < -0.4 is 15.0 Å². The number of morpholine rings is 2. The summed E-state index contributed by atoms with van der Waals surface area (Å²) in [6.07, 6.45) is 0. The fraction of sp³-hybridized carbons (Fsp3) is 0.500. The van der Waals surface area contributed by atoms with Gasteiger partial charge in [0.25, 0.3) is 5.79 Å². The summed E-state index contributed by atoms with van der Waals surface area (Å²) >= 11 is 0. The van der Waals surface area contributed by atoms with Crippen LogP contribution in [0.3, 0.4) is 0 Å². The Bertz CT molecular complexity index is 1070. The van der Waals surface area contributed by atoms with Crippen LogP contribution in [0.1, 0.15) is 46.8 Å². The molecule has 3 N–H and O–H groups in total. The normalized spacial score (nSPS) is 27.4. The Labute approximate surface area is 199 Å². The van der Waals surface area contributed by atoms with Crippen molar-refractivity contribution < 1.29 is 29.2 Å². The van der Waals surface area contributed by atoms with Crippen LogP contribution in [-0.2, 0) is 20.9 Å². The van der Waals surface area contributed by atoms with Crippen molar-refractivity contribution in [1.29, 1.82) is 0 Å². The van der Waals surface area contributed by atoms with Crippen LogP contribution in [0.2, 0.25) is 0 Å². The first-order valence-electron chi connectivity index (χ1n) is 11.9. The molecule has 0 aromatic heterocycles. The Balaban J connectivity index is 0.000000351. The summed E-state index contributed by atoms with van der Waals surface area (Å²) in [6.45, 7) is 10.7. The Morgan fingerprint density at radius 2 is 1.62 bits per heavy atom. The van der Waals surface area contributed by atoms with E-state index >= 15 is 0 Å². The van der Waals surface area contributed by atoms with Gasteiger partial charge in [-0.15, -0.1) is 0 Å². The Hall–Kier alpha value is -2.49. The molecule has 0 saturated carbocycles. The molecule has 3 heterocycles. The lowest BCUT2D eigenvalue weighted by atomic mass is 9.86. The van der Waals surface area contributed by atoms with Crippen molar-refractivity contribution in [2.45, 2.75) is 31.2 Å². The van der Waals surface area contributed by atoms with E-state index in [1.54, 1.807) is 24.3 Å². The van der Waals surface area contributed by atoms with Gasteiger partial charge in [0.1, 0.15) is 5.75 Å². The summed E-state index contributed by atoms with van der Waals surface area (Å²) in [5, 5.41) is 25.9. The maximum absolute atomic E-state index is 13.3. The van der Waals surface area contributed by atoms with Gasteiger partial charge in [0.2, 0.25) is 11.4 Å². The SMILES string of the molecule is C1COCCN1.CC(C)c1ccc2c(c1)OC1(O)c3ccc(N4CCOCC4)cc3C(=O)C21O. The number of hydrogen-bond donors (Lipinski definition) is 3. The number of hydrogen-bond acceptors (Lipinski definition) is 8. The third-order valence-electron chi connectivity index (χ3n) is 6.97. The van der Waals surface area contributed by atoms with E-state index in [0.29, 0.717) is 35.7 Å². The first-order valence-corrected chi connectivity index (χ1v) is 11.9. The molecule has 2 atom stereocenters. The number of carbonyl (C=O) groups excluding carboxylic acids is 1. The van der Waals surface area contributed by atoms with Crippen molar-refractivity contribution in [3.8, 4) is 5.75 Å². The molecule has 3 aliphatic heterocycles. The standard InChI is InChI=1S/C22H23NO5.C4H9NO/c1-13(2)14-3-5-18-19(11-14)28-22(26)17-6-4-15(23-7-9-27-10-8-23)12-16(17)20(24)21(18,22)25;1-3-6-4-2-5-1/h3-6,11-13,25-26H,7-10H2,1-2H3;5H,1-4H2. The summed E-state index contributed by atoms with van der Waals surface area (Å²) in [5.41, 5.74) is 0.670. The van der Waals surface area contributed by atoms with Crippen LogP contribution in [0.5, 0.6) is 5.75 Å². The van der Waals surface area contributed by atoms with E-state index in [9.17, 15) is 15.0 Å². The molecule has 0 radical (unpaired) electrons. The lowest BCUT2D eigenvalue weighted by molar-refractivity contribution is -0.224.